The number of anilines is 1. The summed E-state index contributed by atoms with van der Waals surface area (Å²) in [6, 6.07) is -1.17. The number of amides is 1. The van der Waals surface area contributed by atoms with Crippen molar-refractivity contribution in [2.75, 3.05) is 17.6 Å². The monoisotopic (exact) mass is 337 g/mol. The number of carboxylic acid groups (broad SMARTS) is 1. The lowest BCUT2D eigenvalue weighted by Gasteiger charge is -2.12. The number of nitrogens with one attached hydrogen (secondary N) is 2. The molecule has 11 heteroatoms. The van der Waals surface area contributed by atoms with Gasteiger partial charge in [0.15, 0.2) is 5.13 Å². The average molecular weight is 337 g/mol. The smallest absolute Gasteiger partial charge is 0.326 e. The summed E-state index contributed by atoms with van der Waals surface area (Å²) in [5.74, 6) is -1.82. The van der Waals surface area contributed by atoms with Crippen LogP contribution < -0.4 is 10.0 Å². The van der Waals surface area contributed by atoms with E-state index in [9.17, 15) is 18.0 Å². The number of sulfonamides is 1. The van der Waals surface area contributed by atoms with Gasteiger partial charge >= 0.3 is 5.97 Å². The Morgan fingerprint density at radius 1 is 1.48 bits per heavy atom. The number of aliphatic hydroxyl groups excluding tert-OH is 1. The maximum atomic E-state index is 11.7. The minimum Gasteiger partial charge on any atom is -0.480 e. The number of hydrogen-bond acceptors (Lipinski definition) is 7. The van der Waals surface area contributed by atoms with Gasteiger partial charge in [-0.2, -0.15) is 0 Å². The molecule has 4 N–H and O–H groups in total. The number of carboxylic acids is 1. The van der Waals surface area contributed by atoms with Gasteiger partial charge in [-0.25, -0.2) is 18.2 Å². The lowest BCUT2D eigenvalue weighted by Crippen LogP contribution is -2.42. The Hall–Kier alpha value is -1.72. The van der Waals surface area contributed by atoms with Crippen molar-refractivity contribution < 1.29 is 28.2 Å². The molecule has 1 rings (SSSR count). The first kappa shape index (κ1) is 17.3. The summed E-state index contributed by atoms with van der Waals surface area (Å²) in [4.78, 5) is 26.4. The van der Waals surface area contributed by atoms with Gasteiger partial charge in [0, 0.05) is 18.4 Å². The van der Waals surface area contributed by atoms with Crippen LogP contribution in [0.25, 0.3) is 0 Å². The zero-order chi connectivity index (χ0) is 16.0. The van der Waals surface area contributed by atoms with Crippen molar-refractivity contribution in [3.05, 3.63) is 11.1 Å². The second-order valence-electron chi connectivity index (χ2n) is 4.17. The lowest BCUT2D eigenvalue weighted by atomic mass is 10.2. The van der Waals surface area contributed by atoms with Crippen LogP contribution in [0.4, 0.5) is 5.13 Å². The van der Waals surface area contributed by atoms with E-state index in [1.807, 2.05) is 0 Å². The summed E-state index contributed by atoms with van der Waals surface area (Å²) >= 11 is 1.02. The summed E-state index contributed by atoms with van der Waals surface area (Å²) in [6.07, 6.45) is 0.698. The van der Waals surface area contributed by atoms with E-state index in [1.165, 1.54) is 5.38 Å². The van der Waals surface area contributed by atoms with E-state index < -0.39 is 27.9 Å². The van der Waals surface area contributed by atoms with E-state index in [0.717, 1.165) is 17.6 Å². The standard InChI is InChI=1S/C10H15N3O6S2/c1-21(18,19)13-10-11-6(5-20-10)4-8(15)12-7(2-3-14)9(16)17/h5,7,14H,2-4H2,1H3,(H,11,13)(H,12,15)(H,16,17). The molecule has 0 saturated heterocycles. The van der Waals surface area contributed by atoms with E-state index in [2.05, 4.69) is 15.0 Å². The Morgan fingerprint density at radius 2 is 2.14 bits per heavy atom. The number of rotatable bonds is 8. The number of aliphatic hydroxyl groups is 1. The number of carbonyl (C=O) groups excluding carboxylic acids is 1. The van der Waals surface area contributed by atoms with Gasteiger partial charge < -0.3 is 15.5 Å². The molecule has 0 aromatic carbocycles. The van der Waals surface area contributed by atoms with Gasteiger partial charge in [-0.1, -0.05) is 0 Å². The van der Waals surface area contributed by atoms with Crippen LogP contribution in [-0.4, -0.2) is 54.4 Å². The minimum absolute atomic E-state index is 0.0982. The number of nitrogens with zero attached hydrogens (tertiary/aromatic N) is 1. The Labute approximate surface area is 125 Å². The highest BCUT2D eigenvalue weighted by Gasteiger charge is 2.20. The second kappa shape index (κ2) is 7.33. The number of aromatic nitrogens is 1. The average Bonchev–Trinajstić information content (AvgIpc) is 2.73. The zero-order valence-corrected chi connectivity index (χ0v) is 12.7. The molecule has 1 amide bonds. The lowest BCUT2D eigenvalue weighted by molar-refractivity contribution is -0.142. The van der Waals surface area contributed by atoms with Crippen LogP contribution in [0.3, 0.4) is 0 Å². The molecule has 0 aliphatic rings. The predicted octanol–water partition coefficient (Wildman–Crippen LogP) is -0.991. The fraction of sp³-hybridized carbons (Fsp3) is 0.500. The summed E-state index contributed by atoms with van der Waals surface area (Å²) in [6.45, 7) is -0.365. The van der Waals surface area contributed by atoms with Gasteiger partial charge in [-0.3, -0.25) is 9.52 Å². The number of thiazole rings is 1. The zero-order valence-electron chi connectivity index (χ0n) is 11.1. The van der Waals surface area contributed by atoms with Crippen LogP contribution in [0.15, 0.2) is 5.38 Å². The molecule has 1 atom stereocenters. The van der Waals surface area contributed by atoms with Gasteiger partial charge in [0.2, 0.25) is 15.9 Å². The quantitative estimate of drug-likeness (QED) is 0.476. The Kier molecular flexibility index (Phi) is 6.05. The van der Waals surface area contributed by atoms with E-state index in [-0.39, 0.29) is 24.6 Å². The van der Waals surface area contributed by atoms with Crippen molar-refractivity contribution in [3.8, 4) is 0 Å². The highest BCUT2D eigenvalue weighted by molar-refractivity contribution is 7.92. The Bertz CT molecular complexity index is 612. The normalized spacial score (nSPS) is 12.7. The third-order valence-corrected chi connectivity index (χ3v) is 3.72. The molecule has 21 heavy (non-hydrogen) atoms. The third-order valence-electron chi connectivity index (χ3n) is 2.22. The number of aliphatic carboxylic acids is 1. The molecule has 0 spiro atoms. The van der Waals surface area contributed by atoms with Crippen molar-refractivity contribution >= 4 is 38.4 Å². The predicted molar refractivity (Wildman–Crippen MR) is 75.6 cm³/mol. The summed E-state index contributed by atoms with van der Waals surface area (Å²) in [5.41, 5.74) is 0.316. The van der Waals surface area contributed by atoms with Gasteiger partial charge in [0.25, 0.3) is 0 Å². The molecule has 1 aromatic rings. The van der Waals surface area contributed by atoms with Crippen molar-refractivity contribution in [2.24, 2.45) is 0 Å². The summed E-state index contributed by atoms with van der Waals surface area (Å²) in [5, 5.41) is 21.4. The molecular formula is C10H15N3O6S2. The molecule has 118 valence electrons. The van der Waals surface area contributed by atoms with E-state index in [0.29, 0.717) is 5.69 Å². The highest BCUT2D eigenvalue weighted by Crippen LogP contribution is 2.16. The van der Waals surface area contributed by atoms with Crippen LogP contribution in [0.2, 0.25) is 0 Å². The summed E-state index contributed by atoms with van der Waals surface area (Å²) < 4.78 is 24.2. The molecule has 0 radical (unpaired) electrons. The molecule has 0 bridgehead atoms. The van der Waals surface area contributed by atoms with Gasteiger partial charge in [-0.05, 0) is 0 Å². The van der Waals surface area contributed by atoms with E-state index in [4.69, 9.17) is 10.2 Å². The van der Waals surface area contributed by atoms with Crippen molar-refractivity contribution in [2.45, 2.75) is 18.9 Å². The molecular weight excluding hydrogens is 322 g/mol. The minimum atomic E-state index is -3.44. The molecule has 1 heterocycles. The SMILES string of the molecule is CS(=O)(=O)Nc1nc(CC(=O)NC(CCO)C(=O)O)cs1. The van der Waals surface area contributed by atoms with Crippen LogP contribution >= 0.6 is 11.3 Å². The fourth-order valence-electron chi connectivity index (χ4n) is 1.39. The maximum Gasteiger partial charge on any atom is 0.326 e. The first-order valence-electron chi connectivity index (χ1n) is 5.76. The Morgan fingerprint density at radius 3 is 2.67 bits per heavy atom. The topological polar surface area (TPSA) is 146 Å². The van der Waals surface area contributed by atoms with Crippen LogP contribution in [0.1, 0.15) is 12.1 Å². The number of hydrogen-bond donors (Lipinski definition) is 4. The van der Waals surface area contributed by atoms with E-state index in [1.54, 1.807) is 0 Å². The molecule has 1 unspecified atom stereocenters. The third kappa shape index (κ3) is 6.51. The number of carbonyl (C=O) groups is 2. The van der Waals surface area contributed by atoms with Gasteiger partial charge in [-0.15, -0.1) is 11.3 Å². The van der Waals surface area contributed by atoms with Crippen molar-refractivity contribution in [3.63, 3.8) is 0 Å². The molecule has 9 nitrogen and oxygen atoms in total. The van der Waals surface area contributed by atoms with E-state index >= 15 is 0 Å². The first-order chi connectivity index (χ1) is 9.71. The van der Waals surface area contributed by atoms with Gasteiger partial charge in [0.05, 0.1) is 18.4 Å². The van der Waals surface area contributed by atoms with Crippen LogP contribution in [-0.2, 0) is 26.0 Å². The van der Waals surface area contributed by atoms with Crippen molar-refractivity contribution in [1.29, 1.82) is 0 Å². The molecule has 0 fully saturated rings. The van der Waals surface area contributed by atoms with Crippen LogP contribution in [0, 0.1) is 0 Å². The maximum absolute atomic E-state index is 11.7. The second-order valence-corrected chi connectivity index (χ2v) is 6.77. The molecule has 0 aliphatic heterocycles. The summed E-state index contributed by atoms with van der Waals surface area (Å²) in [7, 11) is -3.44. The highest BCUT2D eigenvalue weighted by atomic mass is 32.2. The Balaban J connectivity index is 2.60. The van der Waals surface area contributed by atoms with Crippen LogP contribution in [0.5, 0.6) is 0 Å². The van der Waals surface area contributed by atoms with Crippen molar-refractivity contribution in [1.82, 2.24) is 10.3 Å². The van der Waals surface area contributed by atoms with Gasteiger partial charge in [0.1, 0.15) is 6.04 Å². The first-order valence-corrected chi connectivity index (χ1v) is 8.53. The molecule has 1 aromatic heterocycles. The molecule has 0 aliphatic carbocycles. The fourth-order valence-corrected chi connectivity index (χ4v) is 2.95. The largest absolute Gasteiger partial charge is 0.480 e. The molecule has 0 saturated carbocycles.